The first kappa shape index (κ1) is 14.2. The van der Waals surface area contributed by atoms with Crippen LogP contribution in [0.3, 0.4) is 0 Å². The number of benzene rings is 1. The summed E-state index contributed by atoms with van der Waals surface area (Å²) in [5.74, 6) is -1.72. The smallest absolute Gasteiger partial charge is 0.276 e. The summed E-state index contributed by atoms with van der Waals surface area (Å²) in [6.45, 7) is 0. The standard InChI is InChI=1S/C12H10FN5O3/c13-7-5-6(11(14)18-21)1-2-8(7)15-12(20)9-3-4-10(19)17-16-9/h1-5,21H,(H2,14,18)(H,15,20)(H,17,19). The van der Waals surface area contributed by atoms with Crippen molar-refractivity contribution in [2.75, 3.05) is 5.32 Å². The number of hydrogen-bond acceptors (Lipinski definition) is 5. The van der Waals surface area contributed by atoms with Crippen molar-refractivity contribution >= 4 is 17.4 Å². The molecule has 0 saturated heterocycles. The molecule has 108 valence electrons. The van der Waals surface area contributed by atoms with E-state index in [1.54, 1.807) is 0 Å². The Hall–Kier alpha value is -3.23. The molecule has 0 bridgehead atoms. The lowest BCUT2D eigenvalue weighted by atomic mass is 10.2. The highest BCUT2D eigenvalue weighted by atomic mass is 19.1. The average Bonchev–Trinajstić information content (AvgIpc) is 2.49. The monoisotopic (exact) mass is 291 g/mol. The number of amidine groups is 1. The van der Waals surface area contributed by atoms with E-state index in [1.807, 2.05) is 0 Å². The van der Waals surface area contributed by atoms with Crippen molar-refractivity contribution in [3.8, 4) is 0 Å². The molecule has 0 unspecified atom stereocenters. The number of halogens is 1. The summed E-state index contributed by atoms with van der Waals surface area (Å²) >= 11 is 0. The van der Waals surface area contributed by atoms with Crippen molar-refractivity contribution in [2.45, 2.75) is 0 Å². The highest BCUT2D eigenvalue weighted by molar-refractivity contribution is 6.03. The zero-order valence-corrected chi connectivity index (χ0v) is 10.5. The summed E-state index contributed by atoms with van der Waals surface area (Å²) < 4.78 is 13.8. The number of carbonyl (C=O) groups excluding carboxylic acids is 1. The number of aromatic nitrogens is 2. The Balaban J connectivity index is 2.22. The minimum Gasteiger partial charge on any atom is -0.409 e. The zero-order valence-electron chi connectivity index (χ0n) is 10.5. The van der Waals surface area contributed by atoms with Gasteiger partial charge in [0.15, 0.2) is 5.84 Å². The second kappa shape index (κ2) is 5.82. The van der Waals surface area contributed by atoms with Gasteiger partial charge in [-0.1, -0.05) is 5.16 Å². The van der Waals surface area contributed by atoms with Gasteiger partial charge in [0.2, 0.25) is 0 Å². The van der Waals surface area contributed by atoms with E-state index in [0.29, 0.717) is 0 Å². The number of aromatic amines is 1. The van der Waals surface area contributed by atoms with Crippen molar-refractivity contribution in [3.63, 3.8) is 0 Å². The molecule has 0 spiro atoms. The Morgan fingerprint density at radius 3 is 2.71 bits per heavy atom. The molecule has 21 heavy (non-hydrogen) atoms. The van der Waals surface area contributed by atoms with Gasteiger partial charge in [0.05, 0.1) is 5.69 Å². The van der Waals surface area contributed by atoms with E-state index in [4.69, 9.17) is 10.9 Å². The Kier molecular flexibility index (Phi) is 3.93. The van der Waals surface area contributed by atoms with Crippen LogP contribution in [0.5, 0.6) is 0 Å². The van der Waals surface area contributed by atoms with Crippen LogP contribution in [-0.4, -0.2) is 27.1 Å². The molecule has 0 aliphatic carbocycles. The van der Waals surface area contributed by atoms with Crippen molar-refractivity contribution in [1.82, 2.24) is 10.2 Å². The number of nitrogens with one attached hydrogen (secondary N) is 2. The highest BCUT2D eigenvalue weighted by Gasteiger charge is 2.12. The van der Waals surface area contributed by atoms with Gasteiger partial charge in [0.1, 0.15) is 11.5 Å². The van der Waals surface area contributed by atoms with Gasteiger partial charge in [-0.3, -0.25) is 9.59 Å². The minimum atomic E-state index is -0.767. The fourth-order valence-electron chi connectivity index (χ4n) is 1.49. The quantitative estimate of drug-likeness (QED) is 0.278. The molecule has 8 nitrogen and oxygen atoms in total. The van der Waals surface area contributed by atoms with Crippen LogP contribution in [0, 0.1) is 5.82 Å². The number of carbonyl (C=O) groups is 1. The van der Waals surface area contributed by atoms with Crippen LogP contribution in [0.15, 0.2) is 40.3 Å². The minimum absolute atomic E-state index is 0.0745. The average molecular weight is 291 g/mol. The first-order valence-corrected chi connectivity index (χ1v) is 5.66. The van der Waals surface area contributed by atoms with Crippen molar-refractivity contribution < 1.29 is 14.4 Å². The van der Waals surface area contributed by atoms with Gasteiger partial charge in [-0.2, -0.15) is 5.10 Å². The summed E-state index contributed by atoms with van der Waals surface area (Å²) in [5, 5.41) is 19.1. The van der Waals surface area contributed by atoms with Gasteiger partial charge >= 0.3 is 0 Å². The second-order valence-corrected chi connectivity index (χ2v) is 3.94. The molecule has 1 aromatic heterocycles. The largest absolute Gasteiger partial charge is 0.409 e. The number of oxime groups is 1. The van der Waals surface area contributed by atoms with Crippen molar-refractivity contribution in [1.29, 1.82) is 0 Å². The fraction of sp³-hybridized carbons (Fsp3) is 0. The first-order valence-electron chi connectivity index (χ1n) is 5.66. The molecular weight excluding hydrogens is 281 g/mol. The summed E-state index contributed by atoms with van der Waals surface area (Å²) in [5.41, 5.74) is 4.84. The van der Waals surface area contributed by atoms with E-state index in [1.165, 1.54) is 18.2 Å². The number of hydrogen-bond donors (Lipinski definition) is 4. The van der Waals surface area contributed by atoms with Gasteiger partial charge in [0.25, 0.3) is 11.5 Å². The van der Waals surface area contributed by atoms with Gasteiger partial charge < -0.3 is 16.3 Å². The molecule has 5 N–H and O–H groups in total. The molecule has 2 aromatic rings. The van der Waals surface area contributed by atoms with Gasteiger partial charge in [-0.05, 0) is 24.3 Å². The Bertz CT molecular complexity index is 751. The maximum atomic E-state index is 13.8. The summed E-state index contributed by atoms with van der Waals surface area (Å²) in [6.07, 6.45) is 0. The van der Waals surface area contributed by atoms with E-state index < -0.39 is 17.3 Å². The van der Waals surface area contributed by atoms with E-state index in [-0.39, 0.29) is 22.8 Å². The normalized spacial score (nSPS) is 11.2. The van der Waals surface area contributed by atoms with Gasteiger partial charge in [-0.15, -0.1) is 0 Å². The molecule has 1 aromatic carbocycles. The third-order valence-corrected chi connectivity index (χ3v) is 2.53. The molecule has 0 saturated carbocycles. The highest BCUT2D eigenvalue weighted by Crippen LogP contribution is 2.16. The Labute approximate surface area is 117 Å². The van der Waals surface area contributed by atoms with E-state index in [2.05, 4.69) is 20.7 Å². The molecule has 0 aliphatic rings. The second-order valence-electron chi connectivity index (χ2n) is 3.94. The maximum absolute atomic E-state index is 13.8. The van der Waals surface area contributed by atoms with E-state index in [9.17, 15) is 14.0 Å². The fourth-order valence-corrected chi connectivity index (χ4v) is 1.49. The summed E-state index contributed by atoms with van der Waals surface area (Å²) in [6, 6.07) is 5.96. The molecule has 0 atom stereocenters. The number of nitrogens with zero attached hydrogens (tertiary/aromatic N) is 2. The van der Waals surface area contributed by atoms with Crippen LogP contribution < -0.4 is 16.6 Å². The van der Waals surface area contributed by atoms with Crippen LogP contribution in [0.25, 0.3) is 0 Å². The predicted molar refractivity (Wildman–Crippen MR) is 71.7 cm³/mol. The molecule has 0 aliphatic heterocycles. The van der Waals surface area contributed by atoms with Crippen LogP contribution in [0.1, 0.15) is 16.1 Å². The first-order chi connectivity index (χ1) is 10.0. The SMILES string of the molecule is N/C(=N/O)c1ccc(NC(=O)c2ccc(=O)[nH]n2)c(F)c1. The number of rotatable bonds is 3. The molecule has 2 rings (SSSR count). The number of nitrogens with two attached hydrogens (primary N) is 1. The number of amides is 1. The Morgan fingerprint density at radius 2 is 2.14 bits per heavy atom. The van der Waals surface area contributed by atoms with E-state index >= 15 is 0 Å². The van der Waals surface area contributed by atoms with Crippen LogP contribution in [-0.2, 0) is 0 Å². The lowest BCUT2D eigenvalue weighted by Crippen LogP contribution is -2.18. The zero-order chi connectivity index (χ0) is 15.4. The summed E-state index contributed by atoms with van der Waals surface area (Å²) in [4.78, 5) is 22.6. The molecule has 0 radical (unpaired) electrons. The van der Waals surface area contributed by atoms with Gasteiger partial charge in [-0.25, -0.2) is 9.49 Å². The summed E-state index contributed by atoms with van der Waals surface area (Å²) in [7, 11) is 0. The lowest BCUT2D eigenvalue weighted by Gasteiger charge is -2.07. The third kappa shape index (κ3) is 3.21. The topological polar surface area (TPSA) is 133 Å². The van der Waals surface area contributed by atoms with Crippen LogP contribution >= 0.6 is 0 Å². The predicted octanol–water partition coefficient (Wildman–Crippen LogP) is 0.256. The van der Waals surface area contributed by atoms with E-state index in [0.717, 1.165) is 12.1 Å². The van der Waals surface area contributed by atoms with Crippen LogP contribution in [0.2, 0.25) is 0 Å². The Morgan fingerprint density at radius 1 is 1.38 bits per heavy atom. The molecule has 1 amide bonds. The number of anilines is 1. The van der Waals surface area contributed by atoms with Crippen LogP contribution in [0.4, 0.5) is 10.1 Å². The van der Waals surface area contributed by atoms with Gasteiger partial charge in [0, 0.05) is 11.6 Å². The third-order valence-electron chi connectivity index (χ3n) is 2.53. The number of H-pyrrole nitrogens is 1. The molecular formula is C12H10FN5O3. The van der Waals surface area contributed by atoms with Crippen molar-refractivity contribution in [3.05, 3.63) is 57.8 Å². The lowest BCUT2D eigenvalue weighted by molar-refractivity contribution is 0.102. The molecule has 0 fully saturated rings. The maximum Gasteiger partial charge on any atom is 0.276 e. The van der Waals surface area contributed by atoms with Crippen molar-refractivity contribution in [2.24, 2.45) is 10.9 Å². The molecule has 1 heterocycles. The molecule has 9 heteroatoms.